The number of nitrogens with zero attached hydrogens (tertiary/aromatic N) is 1. The van der Waals surface area contributed by atoms with Gasteiger partial charge in [-0.2, -0.15) is 0 Å². The number of carbonyl (C=O) groups excluding carboxylic acids is 1. The highest BCUT2D eigenvalue weighted by molar-refractivity contribution is 7.14. The van der Waals surface area contributed by atoms with Crippen LogP contribution in [0.15, 0.2) is 6.07 Å². The summed E-state index contributed by atoms with van der Waals surface area (Å²) in [5.74, 6) is -1.02. The van der Waals surface area contributed by atoms with Gasteiger partial charge in [0.2, 0.25) is 0 Å². The van der Waals surface area contributed by atoms with Crippen LogP contribution in [0.5, 0.6) is 0 Å². The quantitative estimate of drug-likeness (QED) is 0.926. The van der Waals surface area contributed by atoms with Gasteiger partial charge in [-0.15, -0.1) is 11.3 Å². The molecule has 0 unspecified atom stereocenters. The van der Waals surface area contributed by atoms with Gasteiger partial charge in [0.25, 0.3) is 5.91 Å². The number of amides is 1. The molecule has 1 aromatic heterocycles. The summed E-state index contributed by atoms with van der Waals surface area (Å²) in [4.78, 5) is 27.1. The van der Waals surface area contributed by atoms with Crippen LogP contribution in [0, 0.1) is 6.92 Å². The van der Waals surface area contributed by atoms with Crippen molar-refractivity contribution in [2.45, 2.75) is 45.6 Å². The van der Waals surface area contributed by atoms with Crippen LogP contribution in [0.2, 0.25) is 0 Å². The van der Waals surface area contributed by atoms with Crippen molar-refractivity contribution < 1.29 is 14.7 Å². The molecule has 0 aromatic carbocycles. The molecule has 19 heavy (non-hydrogen) atoms. The Bertz CT molecular complexity index is 495. The molecule has 1 aliphatic heterocycles. The molecule has 4 nitrogen and oxygen atoms in total. The van der Waals surface area contributed by atoms with E-state index in [-0.39, 0.29) is 5.91 Å². The molecule has 1 N–H and O–H groups in total. The number of carbonyl (C=O) groups is 2. The Balaban J connectivity index is 2.23. The van der Waals surface area contributed by atoms with E-state index in [1.165, 1.54) is 21.1 Å². The molecule has 1 fully saturated rings. The summed E-state index contributed by atoms with van der Waals surface area (Å²) in [6, 6.07) is 1.23. The van der Waals surface area contributed by atoms with Gasteiger partial charge in [-0.05, 0) is 44.2 Å². The van der Waals surface area contributed by atoms with Gasteiger partial charge < -0.3 is 10.0 Å². The van der Waals surface area contributed by atoms with Gasteiger partial charge >= 0.3 is 5.97 Å². The molecule has 0 aliphatic carbocycles. The largest absolute Gasteiger partial charge is 0.480 e. The summed E-state index contributed by atoms with van der Waals surface area (Å²) in [7, 11) is 0. The van der Waals surface area contributed by atoms with Crippen molar-refractivity contribution in [1.29, 1.82) is 0 Å². The van der Waals surface area contributed by atoms with E-state index in [0.717, 1.165) is 24.8 Å². The van der Waals surface area contributed by atoms with Crippen molar-refractivity contribution in [1.82, 2.24) is 4.90 Å². The molecular formula is C14H19NO3S. The zero-order chi connectivity index (χ0) is 14.0. The lowest BCUT2D eigenvalue weighted by Crippen LogP contribution is -2.47. The number of hydrogen-bond acceptors (Lipinski definition) is 3. The Kier molecular flexibility index (Phi) is 4.24. The average molecular weight is 281 g/mol. The van der Waals surface area contributed by atoms with Crippen molar-refractivity contribution >= 4 is 23.2 Å². The molecule has 0 spiro atoms. The number of hydrogen-bond donors (Lipinski definition) is 1. The number of likely N-dealkylation sites (tertiary alicyclic amines) is 1. The minimum atomic E-state index is -0.892. The van der Waals surface area contributed by atoms with E-state index >= 15 is 0 Å². The fraction of sp³-hybridized carbons (Fsp3) is 0.571. The number of aliphatic carboxylic acids is 1. The van der Waals surface area contributed by atoms with Gasteiger partial charge in [0.15, 0.2) is 0 Å². The van der Waals surface area contributed by atoms with Crippen molar-refractivity contribution in [3.05, 3.63) is 21.4 Å². The second-order valence-electron chi connectivity index (χ2n) is 4.92. The first-order chi connectivity index (χ1) is 9.04. The SMILES string of the molecule is CCc1sc(C(=O)N2CCCC[C@H]2C(=O)O)cc1C. The Morgan fingerprint density at radius 1 is 1.47 bits per heavy atom. The smallest absolute Gasteiger partial charge is 0.326 e. The van der Waals surface area contributed by atoms with E-state index in [9.17, 15) is 14.7 Å². The number of carboxylic acid groups (broad SMARTS) is 1. The number of carboxylic acids is 1. The van der Waals surface area contributed by atoms with Gasteiger partial charge in [-0.1, -0.05) is 6.92 Å². The molecule has 104 valence electrons. The first kappa shape index (κ1) is 14.1. The fourth-order valence-electron chi connectivity index (χ4n) is 2.55. The molecule has 0 bridgehead atoms. The van der Waals surface area contributed by atoms with Gasteiger partial charge in [-0.3, -0.25) is 4.79 Å². The molecule has 1 atom stereocenters. The third-order valence-electron chi connectivity index (χ3n) is 3.60. The van der Waals surface area contributed by atoms with Crippen LogP contribution in [-0.4, -0.2) is 34.5 Å². The summed E-state index contributed by atoms with van der Waals surface area (Å²) >= 11 is 1.49. The van der Waals surface area contributed by atoms with E-state index < -0.39 is 12.0 Å². The van der Waals surface area contributed by atoms with Gasteiger partial charge in [0.05, 0.1) is 4.88 Å². The monoisotopic (exact) mass is 281 g/mol. The first-order valence-electron chi connectivity index (χ1n) is 6.67. The molecule has 5 heteroatoms. The molecule has 1 aromatic rings. The zero-order valence-corrected chi connectivity index (χ0v) is 12.1. The van der Waals surface area contributed by atoms with Crippen LogP contribution in [0.3, 0.4) is 0 Å². The van der Waals surface area contributed by atoms with E-state index in [1.807, 2.05) is 13.0 Å². The number of piperidine rings is 1. The summed E-state index contributed by atoms with van der Waals surface area (Å²) in [5.41, 5.74) is 1.12. The van der Waals surface area contributed by atoms with Crippen LogP contribution in [0.25, 0.3) is 0 Å². The van der Waals surface area contributed by atoms with Crippen LogP contribution < -0.4 is 0 Å². The van der Waals surface area contributed by atoms with Gasteiger partial charge in [-0.25, -0.2) is 4.79 Å². The Labute approximate surface area is 117 Å². The fourth-order valence-corrected chi connectivity index (χ4v) is 3.62. The highest BCUT2D eigenvalue weighted by Crippen LogP contribution is 2.26. The lowest BCUT2D eigenvalue weighted by Gasteiger charge is -2.32. The van der Waals surface area contributed by atoms with E-state index in [4.69, 9.17) is 0 Å². The van der Waals surface area contributed by atoms with Crippen LogP contribution in [0.4, 0.5) is 0 Å². The van der Waals surface area contributed by atoms with E-state index in [2.05, 4.69) is 6.92 Å². The topological polar surface area (TPSA) is 57.6 Å². The predicted molar refractivity (Wildman–Crippen MR) is 74.7 cm³/mol. The summed E-state index contributed by atoms with van der Waals surface area (Å²) in [6.07, 6.45) is 3.24. The van der Waals surface area contributed by atoms with Gasteiger partial charge in [0.1, 0.15) is 6.04 Å². The molecule has 1 saturated heterocycles. The highest BCUT2D eigenvalue weighted by Gasteiger charge is 2.33. The average Bonchev–Trinajstić information content (AvgIpc) is 2.79. The molecule has 0 saturated carbocycles. The Hall–Kier alpha value is -1.36. The molecule has 1 aliphatic rings. The minimum Gasteiger partial charge on any atom is -0.480 e. The van der Waals surface area contributed by atoms with Crippen LogP contribution >= 0.6 is 11.3 Å². The number of rotatable bonds is 3. The van der Waals surface area contributed by atoms with Crippen LogP contribution in [-0.2, 0) is 11.2 Å². The third kappa shape index (κ3) is 2.81. The van der Waals surface area contributed by atoms with Crippen molar-refractivity contribution in [3.63, 3.8) is 0 Å². The summed E-state index contributed by atoms with van der Waals surface area (Å²) in [5, 5.41) is 9.22. The lowest BCUT2D eigenvalue weighted by molar-refractivity contribution is -0.143. The minimum absolute atomic E-state index is 0.125. The highest BCUT2D eigenvalue weighted by atomic mass is 32.1. The van der Waals surface area contributed by atoms with Crippen molar-refractivity contribution in [2.24, 2.45) is 0 Å². The maximum absolute atomic E-state index is 12.5. The number of thiophene rings is 1. The molecule has 1 amide bonds. The molecule has 2 rings (SSSR count). The number of aryl methyl sites for hydroxylation is 2. The standard InChI is InChI=1S/C14H19NO3S/c1-3-11-9(2)8-12(19-11)13(16)15-7-5-4-6-10(15)14(17)18/h8,10H,3-7H2,1-2H3,(H,17,18)/t10-/m0/s1. The van der Waals surface area contributed by atoms with Crippen molar-refractivity contribution in [3.8, 4) is 0 Å². The predicted octanol–water partition coefficient (Wildman–Crippen LogP) is 2.70. The Morgan fingerprint density at radius 3 is 2.79 bits per heavy atom. The lowest BCUT2D eigenvalue weighted by atomic mass is 10.0. The van der Waals surface area contributed by atoms with Crippen LogP contribution in [0.1, 0.15) is 46.3 Å². The maximum Gasteiger partial charge on any atom is 0.326 e. The molecular weight excluding hydrogens is 262 g/mol. The maximum atomic E-state index is 12.5. The zero-order valence-electron chi connectivity index (χ0n) is 11.3. The second-order valence-corrected chi connectivity index (χ2v) is 6.06. The summed E-state index contributed by atoms with van der Waals surface area (Å²) in [6.45, 7) is 4.61. The Morgan fingerprint density at radius 2 is 2.21 bits per heavy atom. The first-order valence-corrected chi connectivity index (χ1v) is 7.49. The molecule has 2 heterocycles. The third-order valence-corrected chi connectivity index (χ3v) is 4.97. The second kappa shape index (κ2) is 5.74. The summed E-state index contributed by atoms with van der Waals surface area (Å²) < 4.78 is 0. The van der Waals surface area contributed by atoms with Crippen molar-refractivity contribution in [2.75, 3.05) is 6.54 Å². The van der Waals surface area contributed by atoms with E-state index in [1.54, 1.807) is 0 Å². The van der Waals surface area contributed by atoms with Gasteiger partial charge in [0, 0.05) is 11.4 Å². The molecule has 0 radical (unpaired) electrons. The normalized spacial score (nSPS) is 19.5. The van der Waals surface area contributed by atoms with E-state index in [0.29, 0.717) is 17.8 Å².